The molecule has 6 nitrogen and oxygen atoms in total. The second-order valence-electron chi connectivity index (χ2n) is 6.90. The predicted molar refractivity (Wildman–Crippen MR) is 118 cm³/mol. The SMILES string of the molecule is OC(O)c1ccc(-c2cn3nc(-c4ccc(N5CCSCC5)cc4)sc3n2)cc1. The number of fused-ring (bicyclic) bond motifs is 1. The Kier molecular flexibility index (Phi) is 5.01. The number of hydrogen-bond donors (Lipinski definition) is 2. The molecule has 2 aromatic heterocycles. The van der Waals surface area contributed by atoms with Gasteiger partial charge in [-0.05, 0) is 24.3 Å². The van der Waals surface area contributed by atoms with E-state index < -0.39 is 6.29 Å². The van der Waals surface area contributed by atoms with E-state index in [9.17, 15) is 10.2 Å². The molecule has 1 saturated heterocycles. The molecule has 0 aliphatic carbocycles. The van der Waals surface area contributed by atoms with E-state index in [4.69, 9.17) is 5.10 Å². The largest absolute Gasteiger partial charge is 0.370 e. The van der Waals surface area contributed by atoms with E-state index in [1.165, 1.54) is 17.2 Å². The summed E-state index contributed by atoms with van der Waals surface area (Å²) in [5.74, 6) is 2.38. The van der Waals surface area contributed by atoms with Crippen molar-refractivity contribution in [3.05, 3.63) is 60.3 Å². The Bertz CT molecular complexity index is 1080. The zero-order chi connectivity index (χ0) is 19.8. The minimum absolute atomic E-state index is 0.460. The van der Waals surface area contributed by atoms with Gasteiger partial charge in [-0.15, -0.1) is 0 Å². The lowest BCUT2D eigenvalue weighted by Gasteiger charge is -2.28. The molecule has 3 heterocycles. The molecule has 0 bridgehead atoms. The Balaban J connectivity index is 1.37. The van der Waals surface area contributed by atoms with Crippen molar-refractivity contribution in [3.63, 3.8) is 0 Å². The van der Waals surface area contributed by atoms with Crippen molar-refractivity contribution in [2.45, 2.75) is 6.29 Å². The molecular weight excluding hydrogens is 404 g/mol. The first-order chi connectivity index (χ1) is 14.2. The summed E-state index contributed by atoms with van der Waals surface area (Å²) < 4.78 is 1.81. The summed E-state index contributed by atoms with van der Waals surface area (Å²) in [5.41, 5.74) is 4.56. The third kappa shape index (κ3) is 3.76. The molecule has 1 aliphatic heterocycles. The molecule has 2 N–H and O–H groups in total. The van der Waals surface area contributed by atoms with Crippen LogP contribution in [0.25, 0.3) is 26.8 Å². The first-order valence-electron chi connectivity index (χ1n) is 9.43. The van der Waals surface area contributed by atoms with E-state index in [-0.39, 0.29) is 0 Å². The Labute approximate surface area is 176 Å². The Morgan fingerprint density at radius 2 is 1.59 bits per heavy atom. The van der Waals surface area contributed by atoms with Gasteiger partial charge in [-0.1, -0.05) is 35.6 Å². The maximum Gasteiger partial charge on any atom is 0.213 e. The van der Waals surface area contributed by atoms with E-state index in [1.807, 2.05) is 30.1 Å². The average Bonchev–Trinajstić information content (AvgIpc) is 3.34. The number of aromatic nitrogens is 3. The van der Waals surface area contributed by atoms with Crippen LogP contribution in [-0.4, -0.2) is 49.4 Å². The van der Waals surface area contributed by atoms with E-state index in [1.54, 1.807) is 28.0 Å². The lowest BCUT2D eigenvalue weighted by Crippen LogP contribution is -2.32. The summed E-state index contributed by atoms with van der Waals surface area (Å²) in [4.78, 5) is 7.94. The lowest BCUT2D eigenvalue weighted by atomic mass is 10.1. The van der Waals surface area contributed by atoms with Gasteiger partial charge in [0.05, 0.1) is 11.9 Å². The molecule has 1 fully saturated rings. The highest BCUT2D eigenvalue weighted by atomic mass is 32.2. The molecule has 5 rings (SSSR count). The predicted octanol–water partition coefficient (Wildman–Crippen LogP) is 3.66. The van der Waals surface area contributed by atoms with Gasteiger partial charge in [0, 0.05) is 47.0 Å². The van der Waals surface area contributed by atoms with E-state index in [0.717, 1.165) is 39.9 Å². The minimum atomic E-state index is -1.46. The molecule has 4 aromatic rings. The van der Waals surface area contributed by atoms with Crippen LogP contribution in [0.4, 0.5) is 5.69 Å². The van der Waals surface area contributed by atoms with Crippen LogP contribution in [-0.2, 0) is 0 Å². The summed E-state index contributed by atoms with van der Waals surface area (Å²) >= 11 is 3.58. The van der Waals surface area contributed by atoms with Crippen LogP contribution < -0.4 is 4.90 Å². The van der Waals surface area contributed by atoms with Gasteiger partial charge in [0.15, 0.2) is 6.29 Å². The Hall–Kier alpha value is -2.39. The van der Waals surface area contributed by atoms with Gasteiger partial charge in [0.25, 0.3) is 0 Å². The number of nitrogens with zero attached hydrogens (tertiary/aromatic N) is 4. The summed E-state index contributed by atoms with van der Waals surface area (Å²) in [5, 5.41) is 24.1. The third-order valence-electron chi connectivity index (χ3n) is 5.04. The maximum absolute atomic E-state index is 9.22. The van der Waals surface area contributed by atoms with Crippen LogP contribution in [0.3, 0.4) is 0 Å². The van der Waals surface area contributed by atoms with Crippen molar-refractivity contribution in [2.24, 2.45) is 0 Å². The Morgan fingerprint density at radius 1 is 0.897 bits per heavy atom. The molecule has 0 unspecified atom stereocenters. The number of hydrogen-bond acceptors (Lipinski definition) is 7. The highest BCUT2D eigenvalue weighted by Crippen LogP contribution is 2.30. The van der Waals surface area contributed by atoms with Crippen molar-refractivity contribution in [3.8, 4) is 21.8 Å². The monoisotopic (exact) mass is 424 g/mol. The van der Waals surface area contributed by atoms with Crippen molar-refractivity contribution in [1.82, 2.24) is 14.6 Å². The quantitative estimate of drug-likeness (QED) is 0.487. The van der Waals surface area contributed by atoms with Gasteiger partial charge >= 0.3 is 0 Å². The van der Waals surface area contributed by atoms with Crippen LogP contribution in [0.15, 0.2) is 54.7 Å². The number of imidazole rings is 1. The van der Waals surface area contributed by atoms with Gasteiger partial charge in [0.1, 0.15) is 5.01 Å². The Morgan fingerprint density at radius 3 is 2.24 bits per heavy atom. The number of aliphatic hydroxyl groups is 2. The van der Waals surface area contributed by atoms with Crippen molar-refractivity contribution in [1.29, 1.82) is 0 Å². The lowest BCUT2D eigenvalue weighted by molar-refractivity contribution is -0.0424. The zero-order valence-corrected chi connectivity index (χ0v) is 17.2. The molecule has 8 heteroatoms. The molecule has 1 aliphatic rings. The molecule has 0 atom stereocenters. The van der Waals surface area contributed by atoms with Gasteiger partial charge < -0.3 is 15.1 Å². The summed E-state index contributed by atoms with van der Waals surface area (Å²) in [6.45, 7) is 2.21. The van der Waals surface area contributed by atoms with Gasteiger partial charge in [-0.3, -0.25) is 0 Å². The summed E-state index contributed by atoms with van der Waals surface area (Å²) in [6, 6.07) is 15.7. The smallest absolute Gasteiger partial charge is 0.213 e. The maximum atomic E-state index is 9.22. The van der Waals surface area contributed by atoms with Crippen LogP contribution >= 0.6 is 23.1 Å². The van der Waals surface area contributed by atoms with Gasteiger partial charge in [0.2, 0.25) is 4.96 Å². The van der Waals surface area contributed by atoms with Crippen LogP contribution in [0.5, 0.6) is 0 Å². The number of anilines is 1. The van der Waals surface area contributed by atoms with E-state index >= 15 is 0 Å². The first-order valence-corrected chi connectivity index (χ1v) is 11.4. The van der Waals surface area contributed by atoms with E-state index in [0.29, 0.717) is 5.56 Å². The zero-order valence-electron chi connectivity index (χ0n) is 15.6. The second kappa shape index (κ2) is 7.79. The first kappa shape index (κ1) is 18.6. The number of aliphatic hydroxyl groups excluding tert-OH is 1. The van der Waals surface area contributed by atoms with Gasteiger partial charge in [-0.2, -0.15) is 16.9 Å². The molecule has 148 valence electrons. The van der Waals surface area contributed by atoms with Crippen molar-refractivity contribution < 1.29 is 10.2 Å². The number of benzene rings is 2. The molecule has 0 saturated carbocycles. The van der Waals surface area contributed by atoms with Crippen molar-refractivity contribution >= 4 is 33.7 Å². The van der Waals surface area contributed by atoms with Crippen LogP contribution in [0.2, 0.25) is 0 Å². The minimum Gasteiger partial charge on any atom is -0.370 e. The normalized spacial score (nSPS) is 14.8. The fourth-order valence-electron chi connectivity index (χ4n) is 3.42. The van der Waals surface area contributed by atoms with Crippen LogP contribution in [0.1, 0.15) is 11.9 Å². The highest BCUT2D eigenvalue weighted by molar-refractivity contribution is 7.99. The molecule has 29 heavy (non-hydrogen) atoms. The van der Waals surface area contributed by atoms with E-state index in [2.05, 4.69) is 34.1 Å². The fraction of sp³-hybridized carbons (Fsp3) is 0.238. The number of thioether (sulfide) groups is 1. The molecular formula is C21H20N4O2S2. The molecule has 2 aromatic carbocycles. The van der Waals surface area contributed by atoms with Gasteiger partial charge in [-0.25, -0.2) is 9.50 Å². The average molecular weight is 425 g/mol. The molecule has 0 amide bonds. The molecule has 0 spiro atoms. The van der Waals surface area contributed by atoms with Crippen molar-refractivity contribution in [2.75, 3.05) is 29.5 Å². The summed E-state index contributed by atoms with van der Waals surface area (Å²) in [7, 11) is 0. The fourth-order valence-corrected chi connectivity index (χ4v) is 5.21. The number of rotatable bonds is 4. The van der Waals surface area contributed by atoms with Crippen LogP contribution in [0, 0.1) is 0 Å². The highest BCUT2D eigenvalue weighted by Gasteiger charge is 2.14. The second-order valence-corrected chi connectivity index (χ2v) is 9.08. The summed E-state index contributed by atoms with van der Waals surface area (Å²) in [6.07, 6.45) is 0.443. The molecule has 0 radical (unpaired) electrons. The topological polar surface area (TPSA) is 73.9 Å². The third-order valence-corrected chi connectivity index (χ3v) is 6.95. The standard InChI is InChI=1S/C21H20N4O2S2/c26-20(27)16-3-1-14(2-4-16)18-13-25-21(22-18)29-19(23-25)15-5-7-17(8-6-15)24-9-11-28-12-10-24/h1-8,13,20,26-27H,9-12H2.